The lowest BCUT2D eigenvalue weighted by Gasteiger charge is -2.45. The van der Waals surface area contributed by atoms with E-state index < -0.39 is 23.6 Å². The third kappa shape index (κ3) is 5.21. The Kier molecular flexibility index (Phi) is 7.31. The first kappa shape index (κ1) is 25.6. The first-order valence-electron chi connectivity index (χ1n) is 12.0. The van der Waals surface area contributed by atoms with Crippen molar-refractivity contribution in [3.63, 3.8) is 0 Å². The van der Waals surface area contributed by atoms with Gasteiger partial charge in [-0.1, -0.05) is 19.1 Å². The van der Waals surface area contributed by atoms with Gasteiger partial charge in [-0.15, -0.1) is 0 Å². The normalized spacial score (nSPS) is 21.2. The molecule has 2 aliphatic heterocycles. The number of alkyl halides is 3. The smallest absolute Gasteiger partial charge is 0.417 e. The molecule has 1 unspecified atom stereocenters. The number of ether oxygens (including phenoxy) is 1. The second kappa shape index (κ2) is 10.3. The molecule has 0 bridgehead atoms. The lowest BCUT2D eigenvalue weighted by molar-refractivity contribution is -0.137. The lowest BCUT2D eigenvalue weighted by Crippen LogP contribution is -2.65. The molecule has 2 N–H and O–H groups in total. The van der Waals surface area contributed by atoms with Gasteiger partial charge in [-0.2, -0.15) is 18.4 Å². The van der Waals surface area contributed by atoms with Crippen LogP contribution >= 0.6 is 0 Å². The highest BCUT2D eigenvalue weighted by Crippen LogP contribution is 2.37. The van der Waals surface area contributed by atoms with Crippen LogP contribution in [0.1, 0.15) is 48.8 Å². The molecule has 0 aliphatic carbocycles. The number of carboxylic acid groups (broad SMARTS) is 1. The fraction of sp³-hybridized carbons (Fsp3) is 0.462. The second-order valence-corrected chi connectivity index (χ2v) is 9.18. The third-order valence-corrected chi connectivity index (χ3v) is 7.14. The molecule has 2 aromatic carbocycles. The van der Waals surface area contributed by atoms with E-state index in [4.69, 9.17) is 10.00 Å². The summed E-state index contributed by atoms with van der Waals surface area (Å²) in [7, 11) is 0. The molecule has 0 spiro atoms. The quantitative estimate of drug-likeness (QED) is 0.596. The van der Waals surface area contributed by atoms with Gasteiger partial charge in [0.15, 0.2) is 5.72 Å². The minimum absolute atomic E-state index is 0.253. The van der Waals surface area contributed by atoms with Crippen molar-refractivity contribution in [2.45, 2.75) is 44.0 Å². The predicted molar refractivity (Wildman–Crippen MR) is 128 cm³/mol. The van der Waals surface area contributed by atoms with Crippen molar-refractivity contribution < 1.29 is 27.8 Å². The lowest BCUT2D eigenvalue weighted by atomic mass is 9.89. The van der Waals surface area contributed by atoms with Crippen LogP contribution in [-0.4, -0.2) is 54.5 Å². The molecule has 10 heteroatoms. The van der Waals surface area contributed by atoms with Crippen molar-refractivity contribution in [2.24, 2.45) is 0 Å². The van der Waals surface area contributed by atoms with Crippen molar-refractivity contribution in [3.05, 3.63) is 59.2 Å². The molecule has 2 aromatic rings. The van der Waals surface area contributed by atoms with Crippen molar-refractivity contribution in [3.8, 4) is 11.8 Å². The fourth-order valence-electron chi connectivity index (χ4n) is 5.08. The van der Waals surface area contributed by atoms with E-state index in [9.17, 15) is 23.1 Å². The number of rotatable bonds is 5. The number of benzene rings is 2. The van der Waals surface area contributed by atoms with Crippen LogP contribution < -0.4 is 15.0 Å². The predicted octanol–water partition coefficient (Wildman–Crippen LogP) is 5.03. The highest BCUT2D eigenvalue weighted by molar-refractivity contribution is 5.66. The number of piperazine rings is 1. The maximum absolute atomic E-state index is 13.3. The zero-order valence-corrected chi connectivity index (χ0v) is 20.0. The van der Waals surface area contributed by atoms with E-state index in [1.165, 1.54) is 11.0 Å². The molecule has 0 saturated carbocycles. The van der Waals surface area contributed by atoms with Gasteiger partial charge in [0.25, 0.3) is 0 Å². The SMILES string of the molecule is CCC1(Oc2ccc(C3CCN(c4ccc(C#N)c(C(F)(F)F)c4)CC3)cc2)CNCCN1C(=O)O. The maximum atomic E-state index is 13.3. The minimum Gasteiger partial charge on any atom is -0.466 e. The van der Waals surface area contributed by atoms with Crippen LogP contribution in [0.15, 0.2) is 42.5 Å². The molecule has 36 heavy (non-hydrogen) atoms. The van der Waals surface area contributed by atoms with Crippen molar-refractivity contribution in [2.75, 3.05) is 37.6 Å². The first-order chi connectivity index (χ1) is 17.2. The van der Waals surface area contributed by atoms with Gasteiger partial charge in [0, 0.05) is 38.3 Å². The Bertz CT molecular complexity index is 1120. The molecule has 2 aliphatic rings. The Morgan fingerprint density at radius 2 is 1.89 bits per heavy atom. The topological polar surface area (TPSA) is 88.8 Å². The van der Waals surface area contributed by atoms with E-state index in [-0.39, 0.29) is 11.5 Å². The van der Waals surface area contributed by atoms with Crippen LogP contribution in [0.4, 0.5) is 23.7 Å². The highest BCUT2D eigenvalue weighted by atomic mass is 19.4. The summed E-state index contributed by atoms with van der Waals surface area (Å²) in [6.45, 7) is 4.44. The van der Waals surface area contributed by atoms with Crippen LogP contribution in [0, 0.1) is 11.3 Å². The summed E-state index contributed by atoms with van der Waals surface area (Å²) in [6, 6.07) is 13.1. The summed E-state index contributed by atoms with van der Waals surface area (Å²) in [5.41, 5.74) is -0.658. The van der Waals surface area contributed by atoms with Gasteiger partial charge in [0.05, 0.1) is 23.7 Å². The van der Waals surface area contributed by atoms with Crippen LogP contribution in [0.25, 0.3) is 0 Å². The van der Waals surface area contributed by atoms with Crippen molar-refractivity contribution in [1.82, 2.24) is 10.2 Å². The Balaban J connectivity index is 1.41. The van der Waals surface area contributed by atoms with Gasteiger partial charge in [-0.05, 0) is 54.7 Å². The number of halogens is 3. The monoisotopic (exact) mass is 502 g/mol. The fourth-order valence-corrected chi connectivity index (χ4v) is 5.08. The van der Waals surface area contributed by atoms with Gasteiger partial charge in [-0.3, -0.25) is 4.90 Å². The largest absolute Gasteiger partial charge is 0.466 e. The summed E-state index contributed by atoms with van der Waals surface area (Å²) >= 11 is 0. The molecule has 1 atom stereocenters. The molecule has 4 rings (SSSR count). The van der Waals surface area contributed by atoms with E-state index in [0.29, 0.717) is 50.6 Å². The summed E-state index contributed by atoms with van der Waals surface area (Å²) in [5, 5.41) is 21.9. The third-order valence-electron chi connectivity index (χ3n) is 7.14. The first-order valence-corrected chi connectivity index (χ1v) is 12.0. The van der Waals surface area contributed by atoms with Crippen molar-refractivity contribution in [1.29, 1.82) is 5.26 Å². The maximum Gasteiger partial charge on any atom is 0.417 e. The Morgan fingerprint density at radius 3 is 2.47 bits per heavy atom. The summed E-state index contributed by atoms with van der Waals surface area (Å²) in [5.74, 6) is 0.841. The molecule has 2 saturated heterocycles. The molecule has 2 fully saturated rings. The Hall–Kier alpha value is -3.45. The van der Waals surface area contributed by atoms with Gasteiger partial charge in [0.1, 0.15) is 5.75 Å². The van der Waals surface area contributed by atoms with E-state index in [1.54, 1.807) is 12.1 Å². The molecule has 0 radical (unpaired) electrons. The van der Waals surface area contributed by atoms with Crippen molar-refractivity contribution >= 4 is 11.8 Å². The zero-order valence-electron chi connectivity index (χ0n) is 20.0. The number of carbonyl (C=O) groups is 1. The van der Waals surface area contributed by atoms with E-state index in [1.807, 2.05) is 36.1 Å². The standard InChI is InChI=1S/C26H29F3N4O3/c1-2-25(17-31-11-14-33(25)24(34)35)36-22-7-4-18(5-8-22)19-9-12-32(13-10-19)21-6-3-20(16-30)23(15-21)26(27,28)29/h3-8,15,19,31H,2,9-14,17H2,1H3,(H,34,35). The highest BCUT2D eigenvalue weighted by Gasteiger charge is 2.43. The average molecular weight is 503 g/mol. The number of piperidine rings is 1. The molecule has 192 valence electrons. The van der Waals surface area contributed by atoms with Gasteiger partial charge >= 0.3 is 12.3 Å². The Labute approximate surface area is 208 Å². The zero-order chi connectivity index (χ0) is 25.9. The van der Waals surface area contributed by atoms with Gasteiger partial charge in [0.2, 0.25) is 0 Å². The Morgan fingerprint density at radius 1 is 1.19 bits per heavy atom. The van der Waals surface area contributed by atoms with Gasteiger partial charge in [-0.25, -0.2) is 4.79 Å². The molecular weight excluding hydrogens is 473 g/mol. The number of anilines is 1. The minimum atomic E-state index is -4.57. The number of hydrogen-bond donors (Lipinski definition) is 2. The van der Waals surface area contributed by atoms with E-state index >= 15 is 0 Å². The average Bonchev–Trinajstić information content (AvgIpc) is 2.88. The number of amides is 1. The number of nitriles is 1. The van der Waals surface area contributed by atoms with Crippen LogP contribution in [-0.2, 0) is 6.18 Å². The van der Waals surface area contributed by atoms with Crippen LogP contribution in [0.2, 0.25) is 0 Å². The van der Waals surface area contributed by atoms with E-state index in [0.717, 1.165) is 24.5 Å². The summed E-state index contributed by atoms with van der Waals surface area (Å²) in [4.78, 5) is 15.0. The number of hydrogen-bond acceptors (Lipinski definition) is 5. The summed E-state index contributed by atoms with van der Waals surface area (Å²) in [6.07, 6.45) is -3.53. The van der Waals surface area contributed by atoms with E-state index in [2.05, 4.69) is 5.32 Å². The molecule has 1 amide bonds. The van der Waals surface area contributed by atoms with Crippen LogP contribution in [0.5, 0.6) is 5.75 Å². The molecule has 0 aromatic heterocycles. The number of nitrogens with one attached hydrogen (secondary N) is 1. The second-order valence-electron chi connectivity index (χ2n) is 9.18. The summed E-state index contributed by atoms with van der Waals surface area (Å²) < 4.78 is 46.2. The van der Waals surface area contributed by atoms with Crippen LogP contribution in [0.3, 0.4) is 0 Å². The molecule has 2 heterocycles. The number of nitrogens with zero attached hydrogens (tertiary/aromatic N) is 3. The molecular formula is C26H29F3N4O3. The molecule has 7 nitrogen and oxygen atoms in total. The van der Waals surface area contributed by atoms with Gasteiger partial charge < -0.3 is 20.1 Å².